The molecular formula is C9H13NOS. The van der Waals surface area contributed by atoms with E-state index in [0.29, 0.717) is 0 Å². The maximum absolute atomic E-state index is 8.57. The molecule has 0 aromatic carbocycles. The number of aliphatic hydroxyl groups excluding tert-OH is 1. The quantitative estimate of drug-likeness (QED) is 0.571. The molecule has 0 bridgehead atoms. The lowest BCUT2D eigenvalue weighted by Crippen LogP contribution is -1.88. The Bertz CT molecular complexity index is 240. The van der Waals surface area contributed by atoms with Gasteiger partial charge in [-0.15, -0.1) is 11.8 Å². The van der Waals surface area contributed by atoms with Crippen molar-refractivity contribution in [3.8, 4) is 0 Å². The van der Waals surface area contributed by atoms with E-state index < -0.39 is 0 Å². The van der Waals surface area contributed by atoms with Gasteiger partial charge < -0.3 is 5.11 Å². The van der Waals surface area contributed by atoms with E-state index >= 15 is 0 Å². The molecule has 1 heterocycles. The Hall–Kier alpha value is -0.540. The first-order chi connectivity index (χ1) is 5.83. The molecule has 2 nitrogen and oxygen atoms in total. The molecule has 1 aromatic heterocycles. The molecule has 12 heavy (non-hydrogen) atoms. The number of aromatic nitrogens is 1. The van der Waals surface area contributed by atoms with Crippen LogP contribution in [0, 0.1) is 6.92 Å². The van der Waals surface area contributed by atoms with Crippen molar-refractivity contribution in [3.05, 3.63) is 23.9 Å². The summed E-state index contributed by atoms with van der Waals surface area (Å²) in [5.74, 6) is 0.937. The highest BCUT2D eigenvalue weighted by Crippen LogP contribution is 2.15. The number of pyridine rings is 1. The third-order valence-corrected chi connectivity index (χ3v) is 2.43. The molecule has 1 N–H and O–H groups in total. The van der Waals surface area contributed by atoms with Gasteiger partial charge in [-0.2, -0.15) is 0 Å². The maximum Gasteiger partial charge on any atom is 0.0963 e. The minimum Gasteiger partial charge on any atom is -0.396 e. The summed E-state index contributed by atoms with van der Waals surface area (Å²) in [4.78, 5) is 4.33. The Morgan fingerprint density at radius 3 is 3.00 bits per heavy atom. The van der Waals surface area contributed by atoms with Crippen LogP contribution in [0.2, 0.25) is 0 Å². The van der Waals surface area contributed by atoms with Gasteiger partial charge in [0.1, 0.15) is 0 Å². The normalized spacial score (nSPS) is 10.2. The topological polar surface area (TPSA) is 33.1 Å². The zero-order valence-corrected chi connectivity index (χ0v) is 7.97. The standard InChI is InChI=1S/C9H13NOS/c1-8-4-2-5-9(10-8)12-7-3-6-11/h2,4-5,11H,3,6-7H2,1H3. The zero-order chi connectivity index (χ0) is 8.81. The van der Waals surface area contributed by atoms with Gasteiger partial charge in [0.05, 0.1) is 5.03 Å². The first kappa shape index (κ1) is 9.55. The molecule has 0 saturated heterocycles. The highest BCUT2D eigenvalue weighted by atomic mass is 32.2. The zero-order valence-electron chi connectivity index (χ0n) is 7.16. The smallest absolute Gasteiger partial charge is 0.0963 e. The molecule has 0 spiro atoms. The van der Waals surface area contributed by atoms with E-state index in [1.54, 1.807) is 11.8 Å². The van der Waals surface area contributed by atoms with Crippen molar-refractivity contribution in [3.63, 3.8) is 0 Å². The lowest BCUT2D eigenvalue weighted by Gasteiger charge is -1.99. The molecule has 0 atom stereocenters. The second kappa shape index (κ2) is 5.17. The van der Waals surface area contributed by atoms with Gasteiger partial charge in [-0.05, 0) is 25.5 Å². The number of aryl methyl sites for hydroxylation is 1. The van der Waals surface area contributed by atoms with Crippen molar-refractivity contribution >= 4 is 11.8 Å². The van der Waals surface area contributed by atoms with Crippen LogP contribution in [0.15, 0.2) is 23.2 Å². The summed E-state index contributed by atoms with van der Waals surface area (Å²) in [6.45, 7) is 2.24. The van der Waals surface area contributed by atoms with E-state index in [4.69, 9.17) is 5.11 Å². The molecule has 0 aliphatic carbocycles. The predicted octanol–water partition coefficient (Wildman–Crippen LogP) is 1.86. The fraction of sp³-hybridized carbons (Fsp3) is 0.444. The summed E-state index contributed by atoms with van der Waals surface area (Å²) < 4.78 is 0. The van der Waals surface area contributed by atoms with Crippen LogP contribution >= 0.6 is 11.8 Å². The van der Waals surface area contributed by atoms with Crippen LogP contribution in [0.25, 0.3) is 0 Å². The van der Waals surface area contributed by atoms with Gasteiger partial charge in [0, 0.05) is 18.1 Å². The molecule has 0 amide bonds. The Kier molecular flexibility index (Phi) is 4.11. The lowest BCUT2D eigenvalue weighted by atomic mass is 10.4. The van der Waals surface area contributed by atoms with Crippen LogP contribution < -0.4 is 0 Å². The van der Waals surface area contributed by atoms with E-state index in [2.05, 4.69) is 4.98 Å². The van der Waals surface area contributed by atoms with E-state index in [1.807, 2.05) is 25.1 Å². The molecule has 1 rings (SSSR count). The molecule has 1 aromatic rings. The number of thioether (sulfide) groups is 1. The van der Waals surface area contributed by atoms with Gasteiger partial charge >= 0.3 is 0 Å². The van der Waals surface area contributed by atoms with Crippen molar-refractivity contribution in [2.24, 2.45) is 0 Å². The SMILES string of the molecule is Cc1cccc(SCCCO)n1. The van der Waals surface area contributed by atoms with Crippen LogP contribution in [0.4, 0.5) is 0 Å². The molecule has 3 heteroatoms. The molecule has 0 radical (unpaired) electrons. The first-order valence-corrected chi connectivity index (χ1v) is 4.99. The molecule has 0 aliphatic heterocycles. The average molecular weight is 183 g/mol. The first-order valence-electron chi connectivity index (χ1n) is 4.00. The molecule has 0 fully saturated rings. The van der Waals surface area contributed by atoms with Crippen LogP contribution in [-0.2, 0) is 0 Å². The monoisotopic (exact) mass is 183 g/mol. The minimum absolute atomic E-state index is 0.263. The Labute approximate surface area is 77.0 Å². The third kappa shape index (κ3) is 3.24. The lowest BCUT2D eigenvalue weighted by molar-refractivity contribution is 0.296. The van der Waals surface area contributed by atoms with E-state index in [1.165, 1.54) is 0 Å². The van der Waals surface area contributed by atoms with Crippen LogP contribution in [0.3, 0.4) is 0 Å². The summed E-state index contributed by atoms with van der Waals surface area (Å²) in [7, 11) is 0. The highest BCUT2D eigenvalue weighted by Gasteiger charge is 1.94. The molecular weight excluding hydrogens is 170 g/mol. The molecule has 0 unspecified atom stereocenters. The van der Waals surface area contributed by atoms with Crippen LogP contribution in [-0.4, -0.2) is 22.5 Å². The number of rotatable bonds is 4. The number of hydrogen-bond donors (Lipinski definition) is 1. The van der Waals surface area contributed by atoms with Gasteiger partial charge in [0.2, 0.25) is 0 Å². The number of nitrogens with zero attached hydrogens (tertiary/aromatic N) is 1. The molecule has 66 valence electrons. The fourth-order valence-electron chi connectivity index (χ4n) is 0.840. The fourth-order valence-corrected chi connectivity index (χ4v) is 1.71. The van der Waals surface area contributed by atoms with Crippen LogP contribution in [0.1, 0.15) is 12.1 Å². The summed E-state index contributed by atoms with van der Waals surface area (Å²) in [5.41, 5.74) is 1.05. The summed E-state index contributed by atoms with van der Waals surface area (Å²) >= 11 is 1.69. The van der Waals surface area contributed by atoms with Crippen molar-refractivity contribution in [2.75, 3.05) is 12.4 Å². The second-order valence-electron chi connectivity index (χ2n) is 2.54. The van der Waals surface area contributed by atoms with E-state index in [-0.39, 0.29) is 6.61 Å². The average Bonchev–Trinajstić information content (AvgIpc) is 2.05. The van der Waals surface area contributed by atoms with Gasteiger partial charge in [-0.25, -0.2) is 4.98 Å². The van der Waals surface area contributed by atoms with Gasteiger partial charge in [-0.3, -0.25) is 0 Å². The van der Waals surface area contributed by atoms with Crippen LogP contribution in [0.5, 0.6) is 0 Å². The minimum atomic E-state index is 0.263. The Balaban J connectivity index is 2.41. The van der Waals surface area contributed by atoms with Crippen molar-refractivity contribution in [2.45, 2.75) is 18.4 Å². The Morgan fingerprint density at radius 2 is 2.33 bits per heavy atom. The summed E-state index contributed by atoms with van der Waals surface area (Å²) in [6.07, 6.45) is 0.834. The van der Waals surface area contributed by atoms with Gasteiger partial charge in [0.25, 0.3) is 0 Å². The molecule has 0 saturated carbocycles. The summed E-state index contributed by atoms with van der Waals surface area (Å²) in [5, 5.41) is 9.61. The maximum atomic E-state index is 8.57. The van der Waals surface area contributed by atoms with Crippen molar-refractivity contribution < 1.29 is 5.11 Å². The molecule has 0 aliphatic rings. The predicted molar refractivity (Wildman–Crippen MR) is 51.4 cm³/mol. The second-order valence-corrected chi connectivity index (χ2v) is 3.66. The Morgan fingerprint density at radius 1 is 1.50 bits per heavy atom. The highest BCUT2D eigenvalue weighted by molar-refractivity contribution is 7.99. The van der Waals surface area contributed by atoms with E-state index in [9.17, 15) is 0 Å². The van der Waals surface area contributed by atoms with Crippen molar-refractivity contribution in [1.29, 1.82) is 0 Å². The number of aliphatic hydroxyl groups is 1. The third-order valence-electron chi connectivity index (χ3n) is 1.42. The van der Waals surface area contributed by atoms with E-state index in [0.717, 1.165) is 22.9 Å². The number of hydrogen-bond acceptors (Lipinski definition) is 3. The van der Waals surface area contributed by atoms with Gasteiger partial charge in [0.15, 0.2) is 0 Å². The largest absolute Gasteiger partial charge is 0.396 e. The summed E-state index contributed by atoms with van der Waals surface area (Å²) in [6, 6.07) is 5.98. The van der Waals surface area contributed by atoms with Crippen molar-refractivity contribution in [1.82, 2.24) is 4.98 Å². The van der Waals surface area contributed by atoms with Gasteiger partial charge in [-0.1, -0.05) is 6.07 Å².